The second-order valence-corrected chi connectivity index (χ2v) is 5.11. The Hall–Kier alpha value is -1.52. The van der Waals surface area contributed by atoms with Gasteiger partial charge in [0.15, 0.2) is 0 Å². The number of nitrogens with one attached hydrogen (secondary N) is 1. The van der Waals surface area contributed by atoms with E-state index in [9.17, 15) is 9.59 Å². The molecule has 1 saturated heterocycles. The molecular weight excluding hydrogens is 242 g/mol. The Morgan fingerprint density at radius 1 is 1.42 bits per heavy atom. The van der Waals surface area contributed by atoms with Gasteiger partial charge in [-0.1, -0.05) is 12.2 Å². The van der Waals surface area contributed by atoms with Gasteiger partial charge in [-0.25, -0.2) is 4.79 Å². The van der Waals surface area contributed by atoms with Crippen LogP contribution in [0.3, 0.4) is 0 Å². The van der Waals surface area contributed by atoms with E-state index in [1.54, 1.807) is 23.9 Å². The van der Waals surface area contributed by atoms with Crippen LogP contribution >= 0.6 is 0 Å². The van der Waals surface area contributed by atoms with Crippen molar-refractivity contribution in [1.29, 1.82) is 0 Å². The van der Waals surface area contributed by atoms with Crippen LogP contribution in [0.25, 0.3) is 0 Å². The Labute approximate surface area is 115 Å². The van der Waals surface area contributed by atoms with Gasteiger partial charge in [-0.15, -0.1) is 0 Å². The number of hydrogen-bond donors (Lipinski definition) is 1. The summed E-state index contributed by atoms with van der Waals surface area (Å²) < 4.78 is 0. The predicted octanol–water partition coefficient (Wildman–Crippen LogP) is 1.46. The zero-order chi connectivity index (χ0) is 14.3. The molecule has 1 N–H and O–H groups in total. The number of amides is 3. The minimum Gasteiger partial charge on any atom is -0.355 e. The largest absolute Gasteiger partial charge is 0.355 e. The summed E-state index contributed by atoms with van der Waals surface area (Å²) in [6.07, 6.45) is 6.63. The summed E-state index contributed by atoms with van der Waals surface area (Å²) in [6, 6.07) is -0.00795. The molecule has 5 nitrogen and oxygen atoms in total. The average Bonchev–Trinajstić information content (AvgIpc) is 2.42. The van der Waals surface area contributed by atoms with E-state index in [1.165, 1.54) is 0 Å². The van der Waals surface area contributed by atoms with Crippen molar-refractivity contribution in [3.63, 3.8) is 0 Å². The Balaban J connectivity index is 2.41. The van der Waals surface area contributed by atoms with E-state index < -0.39 is 0 Å². The van der Waals surface area contributed by atoms with E-state index in [0.29, 0.717) is 13.1 Å². The third kappa shape index (κ3) is 4.93. The smallest absolute Gasteiger partial charge is 0.319 e. The van der Waals surface area contributed by atoms with Gasteiger partial charge in [-0.3, -0.25) is 4.79 Å². The van der Waals surface area contributed by atoms with E-state index in [0.717, 1.165) is 25.8 Å². The summed E-state index contributed by atoms with van der Waals surface area (Å²) in [4.78, 5) is 27.2. The average molecular weight is 267 g/mol. The van der Waals surface area contributed by atoms with Crippen LogP contribution in [-0.4, -0.2) is 55.5 Å². The molecule has 1 atom stereocenters. The van der Waals surface area contributed by atoms with Crippen LogP contribution in [0.1, 0.15) is 26.2 Å². The Kier molecular flexibility index (Phi) is 6.39. The van der Waals surface area contributed by atoms with Gasteiger partial charge in [0.25, 0.3) is 0 Å². The molecule has 19 heavy (non-hydrogen) atoms. The maximum absolute atomic E-state index is 12.0. The number of piperidine rings is 1. The van der Waals surface area contributed by atoms with E-state index in [4.69, 9.17) is 0 Å². The first-order valence-corrected chi connectivity index (χ1v) is 6.91. The highest BCUT2D eigenvalue weighted by Gasteiger charge is 2.28. The number of allylic oxidation sites excluding steroid dienone is 1. The lowest BCUT2D eigenvalue weighted by Gasteiger charge is -2.33. The first-order chi connectivity index (χ1) is 9.06. The van der Waals surface area contributed by atoms with Crippen LogP contribution in [0, 0.1) is 5.92 Å². The third-order valence-corrected chi connectivity index (χ3v) is 3.29. The second-order valence-electron chi connectivity index (χ2n) is 5.11. The molecule has 1 aliphatic rings. The summed E-state index contributed by atoms with van der Waals surface area (Å²) in [6.45, 7) is 3.92. The molecule has 0 aromatic heterocycles. The van der Waals surface area contributed by atoms with Gasteiger partial charge in [-0.2, -0.15) is 0 Å². The Bertz CT molecular complexity index is 340. The first kappa shape index (κ1) is 15.5. The standard InChI is InChI=1S/C14H25N3O2/c1-4-5-6-9-15-13(18)12-8-7-10-17(11-12)14(19)16(2)3/h4-5,12H,6-11H2,1-3H3,(H,15,18)/b5-4+. The molecule has 3 amide bonds. The van der Waals surface area contributed by atoms with Crippen molar-refractivity contribution in [2.45, 2.75) is 26.2 Å². The molecular formula is C14H25N3O2. The SMILES string of the molecule is C/C=C/CCNC(=O)C1CCCN(C(=O)N(C)C)C1. The molecule has 0 aliphatic carbocycles. The molecule has 0 aromatic carbocycles. The van der Waals surface area contributed by atoms with Gasteiger partial charge in [-0.05, 0) is 26.2 Å². The molecule has 0 saturated carbocycles. The molecule has 0 spiro atoms. The number of rotatable bonds is 4. The van der Waals surface area contributed by atoms with Gasteiger partial charge in [0.2, 0.25) is 5.91 Å². The van der Waals surface area contributed by atoms with Crippen molar-refractivity contribution < 1.29 is 9.59 Å². The maximum atomic E-state index is 12.0. The zero-order valence-corrected chi connectivity index (χ0v) is 12.2. The van der Waals surface area contributed by atoms with Gasteiger partial charge in [0.1, 0.15) is 0 Å². The fourth-order valence-corrected chi connectivity index (χ4v) is 2.24. The third-order valence-electron chi connectivity index (χ3n) is 3.29. The molecule has 0 bridgehead atoms. The number of likely N-dealkylation sites (tertiary alicyclic amines) is 1. The lowest BCUT2D eigenvalue weighted by atomic mass is 9.97. The maximum Gasteiger partial charge on any atom is 0.319 e. The molecule has 1 rings (SSSR count). The molecule has 1 unspecified atom stereocenters. The molecule has 108 valence electrons. The van der Waals surface area contributed by atoms with E-state index in [-0.39, 0.29) is 17.9 Å². The van der Waals surface area contributed by atoms with Crippen molar-refractivity contribution in [3.8, 4) is 0 Å². The number of carbonyl (C=O) groups excluding carboxylic acids is 2. The summed E-state index contributed by atoms with van der Waals surface area (Å²) >= 11 is 0. The van der Waals surface area contributed by atoms with Gasteiger partial charge >= 0.3 is 6.03 Å². The first-order valence-electron chi connectivity index (χ1n) is 6.91. The quantitative estimate of drug-likeness (QED) is 0.619. The van der Waals surface area contributed by atoms with E-state index in [2.05, 4.69) is 5.32 Å². The summed E-state index contributed by atoms with van der Waals surface area (Å²) in [5.41, 5.74) is 0. The van der Waals surface area contributed by atoms with Crippen LogP contribution in [0.2, 0.25) is 0 Å². The number of hydrogen-bond acceptors (Lipinski definition) is 2. The normalized spacial score (nSPS) is 19.5. The molecule has 0 radical (unpaired) electrons. The minimum absolute atomic E-state index is 0.00795. The lowest BCUT2D eigenvalue weighted by Crippen LogP contribution is -2.48. The van der Waals surface area contributed by atoms with Crippen LogP contribution < -0.4 is 5.32 Å². The Morgan fingerprint density at radius 2 is 2.16 bits per heavy atom. The molecule has 1 fully saturated rings. The summed E-state index contributed by atoms with van der Waals surface area (Å²) in [5.74, 6) is 0.00372. The highest BCUT2D eigenvalue weighted by Crippen LogP contribution is 2.17. The van der Waals surface area contributed by atoms with Crippen LogP contribution in [0.5, 0.6) is 0 Å². The van der Waals surface area contributed by atoms with Crippen LogP contribution in [0.4, 0.5) is 4.79 Å². The van der Waals surface area contributed by atoms with Crippen molar-refractivity contribution in [2.24, 2.45) is 5.92 Å². The molecule has 0 aromatic rings. The van der Waals surface area contributed by atoms with Crippen molar-refractivity contribution in [1.82, 2.24) is 15.1 Å². The fourth-order valence-electron chi connectivity index (χ4n) is 2.24. The topological polar surface area (TPSA) is 52.7 Å². The Morgan fingerprint density at radius 3 is 2.79 bits per heavy atom. The zero-order valence-electron chi connectivity index (χ0n) is 12.2. The van der Waals surface area contributed by atoms with E-state index >= 15 is 0 Å². The van der Waals surface area contributed by atoms with Gasteiger partial charge in [0, 0.05) is 33.7 Å². The molecule has 1 aliphatic heterocycles. The summed E-state index contributed by atoms with van der Waals surface area (Å²) in [5, 5.41) is 2.93. The fraction of sp³-hybridized carbons (Fsp3) is 0.714. The van der Waals surface area contributed by atoms with Gasteiger partial charge in [0.05, 0.1) is 5.92 Å². The molecule has 1 heterocycles. The number of nitrogens with zero attached hydrogens (tertiary/aromatic N) is 2. The second kappa shape index (κ2) is 7.81. The van der Waals surface area contributed by atoms with Crippen LogP contribution in [0.15, 0.2) is 12.2 Å². The van der Waals surface area contributed by atoms with Crippen molar-refractivity contribution in [2.75, 3.05) is 33.7 Å². The predicted molar refractivity (Wildman–Crippen MR) is 75.8 cm³/mol. The summed E-state index contributed by atoms with van der Waals surface area (Å²) in [7, 11) is 3.48. The number of carbonyl (C=O) groups is 2. The monoisotopic (exact) mass is 267 g/mol. The molecule has 5 heteroatoms. The highest BCUT2D eigenvalue weighted by atomic mass is 16.2. The van der Waals surface area contributed by atoms with Crippen molar-refractivity contribution in [3.05, 3.63) is 12.2 Å². The van der Waals surface area contributed by atoms with Gasteiger partial charge < -0.3 is 15.1 Å². The van der Waals surface area contributed by atoms with Crippen molar-refractivity contribution >= 4 is 11.9 Å². The van der Waals surface area contributed by atoms with E-state index in [1.807, 2.05) is 19.1 Å². The lowest BCUT2D eigenvalue weighted by molar-refractivity contribution is -0.126. The minimum atomic E-state index is -0.0664. The highest BCUT2D eigenvalue weighted by molar-refractivity contribution is 5.80. The van der Waals surface area contributed by atoms with Crippen LogP contribution in [-0.2, 0) is 4.79 Å². The number of urea groups is 1.